The van der Waals surface area contributed by atoms with Gasteiger partial charge in [-0.2, -0.15) is 5.26 Å². The monoisotopic (exact) mass is 269 g/mol. The first-order valence-electron chi connectivity index (χ1n) is 6.07. The van der Waals surface area contributed by atoms with Crippen LogP contribution in [-0.2, 0) is 6.54 Å². The van der Waals surface area contributed by atoms with Crippen molar-refractivity contribution in [3.8, 4) is 17.7 Å². The zero-order chi connectivity index (χ0) is 14.4. The second-order valence-electron chi connectivity index (χ2n) is 4.09. The number of benzene rings is 1. The van der Waals surface area contributed by atoms with Gasteiger partial charge in [-0.15, -0.1) is 0 Å². The molecule has 2 rings (SSSR count). The summed E-state index contributed by atoms with van der Waals surface area (Å²) >= 11 is 0. The molecular weight excluding hydrogens is 254 g/mol. The van der Waals surface area contributed by atoms with E-state index in [0.29, 0.717) is 23.7 Å². The molecule has 1 aromatic carbocycles. The molecule has 0 saturated heterocycles. The van der Waals surface area contributed by atoms with Gasteiger partial charge in [-0.25, -0.2) is 4.98 Å². The Kier molecular flexibility index (Phi) is 4.40. The van der Waals surface area contributed by atoms with Crippen molar-refractivity contribution in [2.45, 2.75) is 6.54 Å². The predicted molar refractivity (Wildman–Crippen MR) is 75.8 cm³/mol. The molecule has 0 aliphatic carbocycles. The minimum atomic E-state index is 0.530. The molecule has 2 aromatic rings. The molecule has 0 spiro atoms. The van der Waals surface area contributed by atoms with E-state index in [2.05, 4.69) is 16.4 Å². The minimum absolute atomic E-state index is 0.530. The number of methoxy groups -OCH3 is 2. The Balaban J connectivity index is 2.05. The van der Waals surface area contributed by atoms with Crippen molar-refractivity contribution in [1.82, 2.24) is 4.98 Å². The Morgan fingerprint density at radius 3 is 2.65 bits per heavy atom. The summed E-state index contributed by atoms with van der Waals surface area (Å²) in [6.45, 7) is 0.621. The lowest BCUT2D eigenvalue weighted by Gasteiger charge is -2.09. The van der Waals surface area contributed by atoms with Gasteiger partial charge in [-0.1, -0.05) is 6.07 Å². The molecule has 0 aliphatic rings. The number of hydrogen-bond donors (Lipinski definition) is 1. The van der Waals surface area contributed by atoms with Crippen molar-refractivity contribution < 1.29 is 9.47 Å². The van der Waals surface area contributed by atoms with Crippen molar-refractivity contribution >= 4 is 5.69 Å². The number of nitriles is 1. The maximum Gasteiger partial charge on any atom is 0.213 e. The molecule has 1 heterocycles. The van der Waals surface area contributed by atoms with Crippen LogP contribution in [0.15, 0.2) is 36.5 Å². The third-order valence-corrected chi connectivity index (χ3v) is 2.83. The van der Waals surface area contributed by atoms with Gasteiger partial charge in [-0.3, -0.25) is 0 Å². The van der Waals surface area contributed by atoms with Crippen LogP contribution in [-0.4, -0.2) is 19.2 Å². The van der Waals surface area contributed by atoms with Crippen LogP contribution in [0.25, 0.3) is 0 Å². The summed E-state index contributed by atoms with van der Waals surface area (Å²) in [5.74, 6) is 1.16. The van der Waals surface area contributed by atoms with Crippen LogP contribution < -0.4 is 14.8 Å². The molecular formula is C15H15N3O2. The van der Waals surface area contributed by atoms with E-state index >= 15 is 0 Å². The van der Waals surface area contributed by atoms with E-state index in [1.165, 1.54) is 0 Å². The normalized spacial score (nSPS) is 9.65. The number of anilines is 1. The molecule has 0 radical (unpaired) electrons. The molecule has 0 saturated carbocycles. The molecule has 1 aromatic heterocycles. The Hall–Kier alpha value is -2.74. The first kappa shape index (κ1) is 13.7. The molecule has 0 atom stereocenters. The van der Waals surface area contributed by atoms with E-state index in [-0.39, 0.29) is 0 Å². The van der Waals surface area contributed by atoms with Gasteiger partial charge in [0.1, 0.15) is 11.8 Å². The highest BCUT2D eigenvalue weighted by Gasteiger charge is 2.03. The first-order chi connectivity index (χ1) is 9.76. The van der Waals surface area contributed by atoms with Crippen molar-refractivity contribution in [3.63, 3.8) is 0 Å². The molecule has 0 unspecified atom stereocenters. The van der Waals surface area contributed by atoms with E-state index in [1.807, 2.05) is 18.2 Å². The van der Waals surface area contributed by atoms with Gasteiger partial charge in [0, 0.05) is 12.6 Å². The van der Waals surface area contributed by atoms with Gasteiger partial charge in [0.05, 0.1) is 31.7 Å². The Morgan fingerprint density at radius 1 is 1.20 bits per heavy atom. The average Bonchev–Trinajstić information content (AvgIpc) is 2.53. The predicted octanol–water partition coefficient (Wildman–Crippen LogP) is 2.58. The van der Waals surface area contributed by atoms with Crippen molar-refractivity contribution in [2.24, 2.45) is 0 Å². The summed E-state index contributed by atoms with van der Waals surface area (Å²) in [7, 11) is 3.14. The van der Waals surface area contributed by atoms with Crippen LogP contribution in [0.3, 0.4) is 0 Å². The molecule has 20 heavy (non-hydrogen) atoms. The molecule has 1 N–H and O–H groups in total. The van der Waals surface area contributed by atoms with E-state index in [4.69, 9.17) is 14.7 Å². The van der Waals surface area contributed by atoms with E-state index in [1.54, 1.807) is 32.5 Å². The van der Waals surface area contributed by atoms with Crippen molar-refractivity contribution in [1.29, 1.82) is 5.26 Å². The fourth-order valence-corrected chi connectivity index (χ4v) is 1.75. The van der Waals surface area contributed by atoms with Gasteiger partial charge in [0.25, 0.3) is 0 Å². The van der Waals surface area contributed by atoms with E-state index in [9.17, 15) is 0 Å². The number of aromatic nitrogens is 1. The van der Waals surface area contributed by atoms with Crippen LogP contribution in [0.5, 0.6) is 11.6 Å². The van der Waals surface area contributed by atoms with E-state index in [0.717, 1.165) is 11.3 Å². The molecule has 5 nitrogen and oxygen atoms in total. The summed E-state index contributed by atoms with van der Waals surface area (Å²) in [4.78, 5) is 4.12. The molecule has 0 bridgehead atoms. The molecule has 5 heteroatoms. The van der Waals surface area contributed by atoms with Crippen molar-refractivity contribution in [2.75, 3.05) is 19.5 Å². The highest BCUT2D eigenvalue weighted by Crippen LogP contribution is 2.20. The zero-order valence-electron chi connectivity index (χ0n) is 11.4. The Labute approximate surface area is 117 Å². The number of hydrogen-bond acceptors (Lipinski definition) is 5. The summed E-state index contributed by atoms with van der Waals surface area (Å²) < 4.78 is 10.2. The third-order valence-electron chi connectivity index (χ3n) is 2.83. The standard InChI is InChI=1S/C15H15N3O2/c1-19-14-7-11(3-4-12(14)8-16)9-17-13-5-6-15(20-2)18-10-13/h3-7,10,17H,9H2,1-2H3. The Bertz CT molecular complexity index is 618. The molecule has 0 aliphatic heterocycles. The van der Waals surface area contributed by atoms with Gasteiger partial charge >= 0.3 is 0 Å². The van der Waals surface area contributed by atoms with Crippen LogP contribution in [0, 0.1) is 11.3 Å². The van der Waals surface area contributed by atoms with Crippen LogP contribution in [0.1, 0.15) is 11.1 Å². The highest BCUT2D eigenvalue weighted by atomic mass is 16.5. The SMILES string of the molecule is COc1ccc(NCc2ccc(C#N)c(OC)c2)cn1. The van der Waals surface area contributed by atoms with Crippen LogP contribution in [0.2, 0.25) is 0 Å². The lowest BCUT2D eigenvalue weighted by Crippen LogP contribution is -2.01. The number of nitrogens with zero attached hydrogens (tertiary/aromatic N) is 2. The quantitative estimate of drug-likeness (QED) is 0.903. The van der Waals surface area contributed by atoms with Crippen LogP contribution in [0.4, 0.5) is 5.69 Å². The number of rotatable bonds is 5. The smallest absolute Gasteiger partial charge is 0.213 e. The Morgan fingerprint density at radius 2 is 2.05 bits per heavy atom. The highest BCUT2D eigenvalue weighted by molar-refractivity contribution is 5.47. The number of nitrogens with one attached hydrogen (secondary N) is 1. The molecule has 0 fully saturated rings. The topological polar surface area (TPSA) is 67.2 Å². The second-order valence-corrected chi connectivity index (χ2v) is 4.09. The largest absolute Gasteiger partial charge is 0.495 e. The first-order valence-corrected chi connectivity index (χ1v) is 6.07. The molecule has 102 valence electrons. The van der Waals surface area contributed by atoms with Gasteiger partial charge in [0.15, 0.2) is 0 Å². The second kappa shape index (κ2) is 6.43. The maximum atomic E-state index is 8.93. The van der Waals surface area contributed by atoms with Gasteiger partial charge in [0.2, 0.25) is 5.88 Å². The van der Waals surface area contributed by atoms with Crippen molar-refractivity contribution in [3.05, 3.63) is 47.7 Å². The lowest BCUT2D eigenvalue weighted by atomic mass is 10.1. The molecule has 0 amide bonds. The number of ether oxygens (including phenoxy) is 2. The summed E-state index contributed by atoms with van der Waals surface area (Å²) in [5.41, 5.74) is 2.45. The summed E-state index contributed by atoms with van der Waals surface area (Å²) in [6.07, 6.45) is 1.71. The number of pyridine rings is 1. The minimum Gasteiger partial charge on any atom is -0.495 e. The fraction of sp³-hybridized carbons (Fsp3) is 0.200. The third kappa shape index (κ3) is 3.18. The van der Waals surface area contributed by atoms with Gasteiger partial charge < -0.3 is 14.8 Å². The zero-order valence-corrected chi connectivity index (χ0v) is 11.4. The summed E-state index contributed by atoms with van der Waals surface area (Å²) in [5, 5.41) is 12.2. The van der Waals surface area contributed by atoms with Gasteiger partial charge in [-0.05, 0) is 23.8 Å². The maximum absolute atomic E-state index is 8.93. The van der Waals surface area contributed by atoms with E-state index < -0.39 is 0 Å². The lowest BCUT2D eigenvalue weighted by molar-refractivity contribution is 0.398. The summed E-state index contributed by atoms with van der Waals surface area (Å²) in [6, 6.07) is 11.3. The average molecular weight is 269 g/mol. The van der Waals surface area contributed by atoms with Crippen LogP contribution >= 0.6 is 0 Å². The fourth-order valence-electron chi connectivity index (χ4n) is 1.75.